The third-order valence-electron chi connectivity index (χ3n) is 3.54. The van der Waals surface area contributed by atoms with Gasteiger partial charge in [-0.25, -0.2) is 4.79 Å². The van der Waals surface area contributed by atoms with Gasteiger partial charge >= 0.3 is 5.97 Å². The molecule has 0 amide bonds. The third-order valence-corrected chi connectivity index (χ3v) is 3.54. The van der Waals surface area contributed by atoms with Crippen LogP contribution in [0.2, 0.25) is 0 Å². The zero-order valence-corrected chi connectivity index (χ0v) is 13.3. The number of para-hydroxylation sites is 1. The lowest BCUT2D eigenvalue weighted by molar-refractivity contribution is -0.145. The molecule has 1 aromatic carbocycles. The van der Waals surface area contributed by atoms with Crippen LogP contribution in [0.15, 0.2) is 30.3 Å². The van der Waals surface area contributed by atoms with Crippen molar-refractivity contribution in [3.05, 3.63) is 30.3 Å². The minimum absolute atomic E-state index is 0.578. The van der Waals surface area contributed by atoms with Crippen molar-refractivity contribution < 1.29 is 14.6 Å². The summed E-state index contributed by atoms with van der Waals surface area (Å²) < 4.78 is 5.54. The number of hydrogen-bond donors (Lipinski definition) is 1. The number of rotatable bonds is 11. The van der Waals surface area contributed by atoms with E-state index in [0.717, 1.165) is 18.8 Å². The molecular formula is C18H28O3. The van der Waals surface area contributed by atoms with E-state index in [2.05, 4.69) is 13.8 Å². The molecular weight excluding hydrogens is 264 g/mol. The molecule has 0 aliphatic heterocycles. The summed E-state index contributed by atoms with van der Waals surface area (Å²) in [6.07, 6.45) is 6.83. The van der Waals surface area contributed by atoms with Gasteiger partial charge in [0.15, 0.2) is 6.10 Å². The van der Waals surface area contributed by atoms with Crippen LogP contribution >= 0.6 is 0 Å². The van der Waals surface area contributed by atoms with E-state index in [0.29, 0.717) is 12.2 Å². The van der Waals surface area contributed by atoms with Crippen LogP contribution in [0.25, 0.3) is 0 Å². The second-order valence-corrected chi connectivity index (χ2v) is 6.00. The Kier molecular flexibility index (Phi) is 8.56. The Morgan fingerprint density at radius 3 is 2.14 bits per heavy atom. The number of carboxylic acids is 1. The number of ether oxygens (including phenoxy) is 1. The van der Waals surface area contributed by atoms with Gasteiger partial charge in [0.1, 0.15) is 5.75 Å². The van der Waals surface area contributed by atoms with E-state index >= 15 is 0 Å². The molecule has 118 valence electrons. The molecule has 0 fully saturated rings. The molecule has 0 bridgehead atoms. The van der Waals surface area contributed by atoms with Gasteiger partial charge in [0.05, 0.1) is 0 Å². The third kappa shape index (κ3) is 8.38. The van der Waals surface area contributed by atoms with E-state index in [1.54, 1.807) is 12.1 Å². The first kappa shape index (κ1) is 17.5. The highest BCUT2D eigenvalue weighted by Gasteiger charge is 2.18. The monoisotopic (exact) mass is 292 g/mol. The first-order valence-electron chi connectivity index (χ1n) is 8.04. The predicted molar refractivity (Wildman–Crippen MR) is 85.7 cm³/mol. The molecule has 0 spiro atoms. The Labute approximate surface area is 128 Å². The lowest BCUT2D eigenvalue weighted by Gasteiger charge is -2.15. The number of unbranched alkanes of at least 4 members (excludes halogenated alkanes) is 4. The molecule has 0 aromatic heterocycles. The highest BCUT2D eigenvalue weighted by molar-refractivity contribution is 5.72. The Morgan fingerprint density at radius 1 is 1.00 bits per heavy atom. The molecule has 1 aromatic rings. The average Bonchev–Trinajstić information content (AvgIpc) is 2.45. The van der Waals surface area contributed by atoms with E-state index in [4.69, 9.17) is 4.74 Å². The van der Waals surface area contributed by atoms with Gasteiger partial charge in [0, 0.05) is 0 Å². The van der Waals surface area contributed by atoms with Gasteiger partial charge in [-0.1, -0.05) is 64.2 Å². The van der Waals surface area contributed by atoms with E-state index in [1.165, 1.54) is 25.7 Å². The molecule has 0 aliphatic rings. The van der Waals surface area contributed by atoms with Crippen LogP contribution in [0.3, 0.4) is 0 Å². The fraction of sp³-hybridized carbons (Fsp3) is 0.611. The highest BCUT2D eigenvalue weighted by Crippen LogP contribution is 2.16. The van der Waals surface area contributed by atoms with E-state index in [-0.39, 0.29) is 0 Å². The number of carboxylic acid groups (broad SMARTS) is 1. The lowest BCUT2D eigenvalue weighted by atomic mass is 10.0. The Morgan fingerprint density at radius 2 is 1.57 bits per heavy atom. The van der Waals surface area contributed by atoms with Crippen molar-refractivity contribution in [3.63, 3.8) is 0 Å². The highest BCUT2D eigenvalue weighted by atomic mass is 16.5. The maximum Gasteiger partial charge on any atom is 0.344 e. The average molecular weight is 292 g/mol. The van der Waals surface area contributed by atoms with Crippen molar-refractivity contribution in [1.29, 1.82) is 0 Å². The summed E-state index contributed by atoms with van der Waals surface area (Å²) in [5.74, 6) is 0.529. The molecule has 1 atom stereocenters. The molecule has 0 aliphatic carbocycles. The molecule has 0 radical (unpaired) electrons. The molecule has 1 rings (SSSR count). The molecule has 0 saturated carbocycles. The second kappa shape index (κ2) is 10.3. The van der Waals surface area contributed by atoms with Crippen LogP contribution in [0.5, 0.6) is 5.75 Å². The summed E-state index contributed by atoms with van der Waals surface area (Å²) in [5, 5.41) is 9.21. The maximum atomic E-state index is 11.2. The van der Waals surface area contributed by atoms with Gasteiger partial charge < -0.3 is 9.84 Å². The normalized spacial score (nSPS) is 12.3. The van der Waals surface area contributed by atoms with Crippen LogP contribution < -0.4 is 4.74 Å². The quantitative estimate of drug-likeness (QED) is 0.590. The summed E-state index contributed by atoms with van der Waals surface area (Å²) in [7, 11) is 0. The van der Waals surface area contributed by atoms with Crippen LogP contribution in [0.4, 0.5) is 0 Å². The standard InChI is InChI=1S/C18H28O3/c1-15(2)11-7-4-3-5-10-14-17(18(19)20)21-16-12-8-6-9-13-16/h6,8-9,12-13,15,17H,3-5,7,10-11,14H2,1-2H3,(H,19,20). The van der Waals surface area contributed by atoms with E-state index in [1.807, 2.05) is 18.2 Å². The SMILES string of the molecule is CC(C)CCCCCCCC(Oc1ccccc1)C(=O)O. The largest absolute Gasteiger partial charge is 0.479 e. The zero-order chi connectivity index (χ0) is 15.5. The predicted octanol–water partition coefficient (Wildman–Crippen LogP) is 4.91. The van der Waals surface area contributed by atoms with Crippen molar-refractivity contribution in [2.45, 2.75) is 64.9 Å². The van der Waals surface area contributed by atoms with Gasteiger partial charge in [-0.05, 0) is 30.9 Å². The Hall–Kier alpha value is -1.51. The number of carbonyl (C=O) groups is 1. The van der Waals surface area contributed by atoms with Crippen molar-refractivity contribution >= 4 is 5.97 Å². The summed E-state index contributed by atoms with van der Waals surface area (Å²) in [4.78, 5) is 11.2. The van der Waals surface area contributed by atoms with Crippen molar-refractivity contribution in [2.24, 2.45) is 5.92 Å². The van der Waals surface area contributed by atoms with Gasteiger partial charge in [-0.2, -0.15) is 0 Å². The fourth-order valence-corrected chi connectivity index (χ4v) is 2.31. The number of benzene rings is 1. The molecule has 0 heterocycles. The minimum atomic E-state index is -0.876. The van der Waals surface area contributed by atoms with Gasteiger partial charge in [-0.15, -0.1) is 0 Å². The first-order chi connectivity index (χ1) is 10.1. The Bertz CT molecular complexity index is 387. The minimum Gasteiger partial charge on any atom is -0.479 e. The topological polar surface area (TPSA) is 46.5 Å². The lowest BCUT2D eigenvalue weighted by Crippen LogP contribution is -2.26. The van der Waals surface area contributed by atoms with Crippen molar-refractivity contribution in [2.75, 3.05) is 0 Å². The molecule has 3 heteroatoms. The van der Waals surface area contributed by atoms with Crippen molar-refractivity contribution in [3.8, 4) is 5.75 Å². The summed E-state index contributed by atoms with van der Waals surface area (Å²) in [6.45, 7) is 4.50. The van der Waals surface area contributed by atoms with Crippen molar-refractivity contribution in [1.82, 2.24) is 0 Å². The molecule has 1 N–H and O–H groups in total. The van der Waals surface area contributed by atoms with Crippen LogP contribution in [0.1, 0.15) is 58.8 Å². The van der Waals surface area contributed by atoms with Gasteiger partial charge in [0.2, 0.25) is 0 Å². The summed E-state index contributed by atoms with van der Waals surface area (Å²) in [6, 6.07) is 9.18. The fourth-order valence-electron chi connectivity index (χ4n) is 2.31. The van der Waals surface area contributed by atoms with E-state index in [9.17, 15) is 9.90 Å². The second-order valence-electron chi connectivity index (χ2n) is 6.00. The molecule has 1 unspecified atom stereocenters. The number of hydrogen-bond acceptors (Lipinski definition) is 2. The van der Waals surface area contributed by atoms with E-state index < -0.39 is 12.1 Å². The smallest absolute Gasteiger partial charge is 0.344 e. The molecule has 3 nitrogen and oxygen atoms in total. The molecule has 21 heavy (non-hydrogen) atoms. The number of aliphatic carboxylic acids is 1. The maximum absolute atomic E-state index is 11.2. The summed E-state index contributed by atoms with van der Waals surface area (Å²) in [5.41, 5.74) is 0. The summed E-state index contributed by atoms with van der Waals surface area (Å²) >= 11 is 0. The zero-order valence-electron chi connectivity index (χ0n) is 13.3. The van der Waals surface area contributed by atoms with Gasteiger partial charge in [-0.3, -0.25) is 0 Å². The molecule has 0 saturated heterocycles. The van der Waals surface area contributed by atoms with Gasteiger partial charge in [0.25, 0.3) is 0 Å². The first-order valence-corrected chi connectivity index (χ1v) is 8.04. The van der Waals surface area contributed by atoms with Crippen LogP contribution in [-0.2, 0) is 4.79 Å². The Balaban J connectivity index is 2.19. The van der Waals surface area contributed by atoms with Crippen LogP contribution in [-0.4, -0.2) is 17.2 Å². The van der Waals surface area contributed by atoms with Crippen LogP contribution in [0, 0.1) is 5.92 Å².